The number of allylic oxidation sites excluding steroid dienone is 1. The van der Waals surface area contributed by atoms with Crippen molar-refractivity contribution < 1.29 is 28.8 Å². The zero-order valence-corrected chi connectivity index (χ0v) is 88.7. The number of aryl methyl sites for hydroxylation is 2. The molecule has 0 saturated carbocycles. The van der Waals surface area contributed by atoms with Gasteiger partial charge in [-0.05, 0) is 282 Å². The van der Waals surface area contributed by atoms with E-state index in [1.807, 2.05) is 251 Å². The first kappa shape index (κ1) is 107. The van der Waals surface area contributed by atoms with E-state index in [9.17, 15) is 28.8 Å². The highest BCUT2D eigenvalue weighted by Gasteiger charge is 2.18. The van der Waals surface area contributed by atoms with Crippen molar-refractivity contribution in [1.82, 2.24) is 59.8 Å². The van der Waals surface area contributed by atoms with E-state index in [2.05, 4.69) is 257 Å². The lowest BCUT2D eigenvalue weighted by Gasteiger charge is -2.16. The summed E-state index contributed by atoms with van der Waals surface area (Å²) in [5.41, 5.74) is 16.6. The Kier molecular flexibility index (Phi) is 38.2. The summed E-state index contributed by atoms with van der Waals surface area (Å²) in [5, 5.41) is 38.6. The predicted molar refractivity (Wildman–Crippen MR) is 609 cm³/mol. The van der Waals surface area contributed by atoms with Gasteiger partial charge in [0.25, 0.3) is 17.7 Å². The molecule has 0 atom stereocenters. The third-order valence-corrected chi connectivity index (χ3v) is 23.7. The Bertz CT molecular complexity index is 8180. The van der Waals surface area contributed by atoms with Crippen LogP contribution in [0.2, 0.25) is 0 Å². The number of nitrogens with zero attached hydrogens (tertiary/aromatic N) is 13. The molecule has 728 valence electrons. The second kappa shape index (κ2) is 52.3. The first-order valence-corrected chi connectivity index (χ1v) is 49.2. The molecule has 6 aromatic heterocycles. The second-order valence-electron chi connectivity index (χ2n) is 31.4. The van der Waals surface area contributed by atoms with Crippen LogP contribution in [0.15, 0.2) is 357 Å². The topological polar surface area (TPSA) is 393 Å². The molecule has 18 rings (SSSR count). The van der Waals surface area contributed by atoms with Crippen LogP contribution < -0.4 is 63.4 Å². The zero-order chi connectivity index (χ0) is 104. The third-order valence-electron chi connectivity index (χ3n) is 20.7. The summed E-state index contributed by atoms with van der Waals surface area (Å²) in [4.78, 5) is 124. The molecule has 12 aromatic carbocycles. The fraction of sp³-hybridized carbons (Fsp3) is 0.0727. The van der Waals surface area contributed by atoms with Crippen molar-refractivity contribution >= 4 is 300 Å². The summed E-state index contributed by atoms with van der Waals surface area (Å²) in [7, 11) is 1.70. The lowest BCUT2D eigenvalue weighted by molar-refractivity contribution is -0.114. The monoisotopic (exact) mass is 2320 g/mol. The van der Waals surface area contributed by atoms with Crippen molar-refractivity contribution in [3.8, 4) is 23.7 Å². The van der Waals surface area contributed by atoms with Gasteiger partial charge in [0.2, 0.25) is 17.7 Å². The molecule has 18 aromatic rings. The quantitative estimate of drug-likeness (QED) is 0.0222. The number of benzene rings is 12. The molecule has 6 heterocycles. The summed E-state index contributed by atoms with van der Waals surface area (Å²) < 4.78 is 5.84. The van der Waals surface area contributed by atoms with Gasteiger partial charge < -0.3 is 63.4 Å². The second-order valence-corrected chi connectivity index (χ2v) is 36.9. The number of halogens is 6. The highest BCUT2D eigenvalue weighted by molar-refractivity contribution is 9.11. The Morgan fingerprint density at radius 3 is 0.986 bits per heavy atom. The van der Waals surface area contributed by atoms with Crippen LogP contribution >= 0.6 is 95.6 Å². The summed E-state index contributed by atoms with van der Waals surface area (Å²) in [6.07, 6.45) is 15.4. The van der Waals surface area contributed by atoms with Gasteiger partial charge in [-0.15, -0.1) is 0 Å². The number of nitrogens with one attached hydrogen (secondary N) is 11. The highest BCUT2D eigenvalue weighted by Crippen LogP contribution is 2.37. The largest absolute Gasteiger partial charge is 0.340 e. The maximum absolute atomic E-state index is 11.8. The van der Waals surface area contributed by atoms with E-state index < -0.39 is 0 Å². The van der Waals surface area contributed by atoms with Crippen LogP contribution in [0.25, 0.3) is 65.4 Å². The van der Waals surface area contributed by atoms with Gasteiger partial charge in [-0.25, -0.2) is 59.8 Å². The average Bonchev–Trinajstić information content (AvgIpc) is 0.736. The van der Waals surface area contributed by atoms with Gasteiger partial charge in [0.1, 0.15) is 72.9 Å². The van der Waals surface area contributed by atoms with E-state index in [0.717, 1.165) is 143 Å². The normalized spacial score (nSPS) is 10.4. The fourth-order valence-electron chi connectivity index (χ4n) is 13.8. The van der Waals surface area contributed by atoms with Gasteiger partial charge in [0.15, 0.2) is 0 Å². The molecule has 0 aliphatic heterocycles. The molecule has 6 amide bonds. The smallest absolute Gasteiger partial charge is 0.300 e. The van der Waals surface area contributed by atoms with Crippen LogP contribution in [0.4, 0.5) is 103 Å². The lowest BCUT2D eigenvalue weighted by Crippen LogP contribution is -2.23. The Hall–Kier alpha value is -16.7. The molecule has 146 heavy (non-hydrogen) atoms. The molecule has 0 spiro atoms. The molecule has 0 aliphatic rings. The van der Waals surface area contributed by atoms with Crippen LogP contribution in [0.5, 0.6) is 0 Å². The van der Waals surface area contributed by atoms with E-state index >= 15 is 0 Å². The minimum atomic E-state index is -0.344. The lowest BCUT2D eigenvalue weighted by atomic mass is 10.1. The maximum Gasteiger partial charge on any atom is 0.300 e. The minimum absolute atomic E-state index is 0.171. The van der Waals surface area contributed by atoms with E-state index in [4.69, 9.17) is 0 Å². The maximum atomic E-state index is 11.8. The molecule has 11 N–H and O–H groups in total. The standard InChI is InChI=1S/2C19H15BrN4O.4C18H15BrN4O/c1-3-5-18(25)24-16-10-15-17(8-12(16)2)21-11-22-19(15)23-14-7-4-6-13(20)9-14;1-2-3-7-18(25)23-15-8-9-17-16(11-15)19(22-12-21-17)24-14-6-4-5-13(20)10-14;1-11(2)18(24)23-14-6-7-16-15(9-14)17(21-10-20-16)22-13-5-3-4-12(19)8-13;1-3-17(24)23-15-9-14-16(7-11(15)2)20-10-21-18(14)22-13-6-4-5-12(19)8-13;1-3-17(24)23(2)14-7-8-16-15(10-14)18(21-11-20-16)22-13-6-4-5-12(19)9-13;1-2-4-17(24)22-14-7-8-16-15(10-14)18(21-11-20-16)23-13-6-3-5-12(19)9-13/h4,6-11H,1-2H3,(H,24,25)(H,21,22,23);4-6,8-12H,2H2,1H3,(H,23,25)(H,21,22,24);2*3-10H,1H2,2H3,(H,23,24)(H,20,21,22);3-11H,1H2,2H3,(H,20,21,22);2-11H,1H3,(H,22,24)(H,20,21,23)/b;;;;;4-2+. The Morgan fingerprint density at radius 2 is 0.664 bits per heavy atom. The van der Waals surface area contributed by atoms with Gasteiger partial charge in [0, 0.05) is 146 Å². The van der Waals surface area contributed by atoms with Crippen LogP contribution in [-0.2, 0) is 28.8 Å². The van der Waals surface area contributed by atoms with Gasteiger partial charge in [-0.3, -0.25) is 28.8 Å². The van der Waals surface area contributed by atoms with Crippen molar-refractivity contribution in [1.29, 1.82) is 0 Å². The number of fused-ring (bicyclic) bond motifs is 6. The molecule has 0 radical (unpaired) electrons. The first-order valence-electron chi connectivity index (χ1n) is 44.5. The number of hydrogen-bond donors (Lipinski definition) is 11. The Labute approximate surface area is 891 Å². The van der Waals surface area contributed by atoms with E-state index in [1.165, 1.54) is 61.1 Å². The number of rotatable bonds is 22. The minimum Gasteiger partial charge on any atom is -0.340 e. The Balaban J connectivity index is 0.000000147. The molecular weight excluding hydrogens is 2230 g/mol. The average molecular weight is 2320 g/mol. The summed E-state index contributed by atoms with van der Waals surface area (Å²) in [6.45, 7) is 21.5. The number of hydrogen-bond acceptors (Lipinski definition) is 24. The number of likely N-dealkylation sites (N-methyl/N-ethyl adjacent to an activating group) is 1. The number of anilines is 18. The molecule has 0 aliphatic carbocycles. The van der Waals surface area contributed by atoms with E-state index in [0.29, 0.717) is 75.3 Å². The molecule has 36 heteroatoms. The molecule has 0 saturated heterocycles. The number of carbonyl (C=O) groups is 6. The number of amides is 6. The van der Waals surface area contributed by atoms with Crippen molar-refractivity contribution in [2.45, 2.75) is 48.0 Å². The SMILES string of the molecule is C/C=C/C(=O)Nc1ccc2ncnc(Nc3cccc(Br)c3)c2c1.C=C(C)C(=O)Nc1ccc2ncnc(Nc3cccc(Br)c3)c2c1.C=CC(=O)N(C)c1ccc2ncnc(Nc3cccc(Br)c3)c2c1.C=CC(=O)Nc1cc2c(Nc3cccc(Br)c3)ncnc2cc1C.CC#CC(=O)Nc1cc2c(Nc3cccc(Br)c3)ncnc2cc1C.CCC#CC(=O)Nc1ccc2ncnc(Nc3cccc(Br)c3)c2c1. The van der Waals surface area contributed by atoms with E-state index in [-0.39, 0.29) is 35.4 Å². The number of aromatic nitrogens is 12. The molecule has 30 nitrogen and oxygen atoms in total. The van der Waals surface area contributed by atoms with Crippen molar-refractivity contribution in [2.24, 2.45) is 0 Å². The number of carbonyl (C=O) groups excluding carboxylic acids is 6. The van der Waals surface area contributed by atoms with Crippen LogP contribution in [0.3, 0.4) is 0 Å². The molecular formula is C110H90Br6N24O6. The molecule has 0 bridgehead atoms. The fourth-order valence-corrected chi connectivity index (χ4v) is 16.2. The highest BCUT2D eigenvalue weighted by atomic mass is 79.9. The van der Waals surface area contributed by atoms with Crippen molar-refractivity contribution in [3.05, 3.63) is 368 Å². The third kappa shape index (κ3) is 30.7. The van der Waals surface area contributed by atoms with Gasteiger partial charge in [0.05, 0.1) is 33.1 Å². The van der Waals surface area contributed by atoms with Crippen LogP contribution in [0.1, 0.15) is 45.2 Å². The summed E-state index contributed by atoms with van der Waals surface area (Å²) >= 11 is 20.7. The van der Waals surface area contributed by atoms with Gasteiger partial charge in [-0.1, -0.05) is 177 Å². The van der Waals surface area contributed by atoms with Gasteiger partial charge in [-0.2, -0.15) is 0 Å². The summed E-state index contributed by atoms with van der Waals surface area (Å²) in [6, 6.07) is 76.5. The van der Waals surface area contributed by atoms with E-state index in [1.54, 1.807) is 46.0 Å². The van der Waals surface area contributed by atoms with Crippen molar-refractivity contribution in [3.63, 3.8) is 0 Å². The zero-order valence-electron chi connectivity index (χ0n) is 79.2. The van der Waals surface area contributed by atoms with Crippen molar-refractivity contribution in [2.75, 3.05) is 70.4 Å². The summed E-state index contributed by atoms with van der Waals surface area (Å²) in [5.74, 6) is 12.9. The predicted octanol–water partition coefficient (Wildman–Crippen LogP) is 27.0. The Morgan fingerprint density at radius 1 is 0.349 bits per heavy atom. The molecule has 0 unspecified atom stereocenters. The van der Waals surface area contributed by atoms with Crippen LogP contribution in [0, 0.1) is 37.5 Å². The van der Waals surface area contributed by atoms with Gasteiger partial charge >= 0.3 is 0 Å². The first-order chi connectivity index (χ1) is 70.5. The van der Waals surface area contributed by atoms with Crippen LogP contribution in [-0.4, -0.2) is 102 Å². The molecule has 0 fully saturated rings.